The molecule has 0 heterocycles. The molecular formula is C7H15NNaO5P. The summed E-state index contributed by atoms with van der Waals surface area (Å²) in [7, 11) is -4.27. The van der Waals surface area contributed by atoms with Crippen LogP contribution in [0.1, 0.15) is 26.2 Å². The summed E-state index contributed by atoms with van der Waals surface area (Å²) in [6, 6.07) is 0. The van der Waals surface area contributed by atoms with Gasteiger partial charge in [0, 0.05) is 19.1 Å². The molecule has 0 rings (SSSR count). The predicted molar refractivity (Wildman–Crippen MR) is 47.7 cm³/mol. The maximum Gasteiger partial charge on any atom is 1.00 e. The molecule has 0 bridgehead atoms. The van der Waals surface area contributed by atoms with Gasteiger partial charge in [-0.1, -0.05) is 6.92 Å². The molecule has 0 aliphatic carbocycles. The molecule has 0 fully saturated rings. The van der Waals surface area contributed by atoms with Crippen molar-refractivity contribution in [2.75, 3.05) is 12.7 Å². The van der Waals surface area contributed by atoms with Gasteiger partial charge in [0.1, 0.15) is 7.60 Å². The second-order valence-corrected chi connectivity index (χ2v) is 4.70. The normalized spacial score (nSPS) is 13.9. The number of carbonyl (C=O) groups is 1. The maximum atomic E-state index is 11.0. The van der Waals surface area contributed by atoms with E-state index in [-0.39, 0.29) is 48.9 Å². The fourth-order valence-corrected chi connectivity index (χ4v) is 1.43. The molecule has 0 aliphatic rings. The minimum absolute atomic E-state index is 0. The Morgan fingerprint density at radius 1 is 1.53 bits per heavy atom. The number of amides is 1. The van der Waals surface area contributed by atoms with E-state index in [4.69, 9.17) is 10.1 Å². The van der Waals surface area contributed by atoms with Crippen molar-refractivity contribution in [3.8, 4) is 0 Å². The van der Waals surface area contributed by atoms with Gasteiger partial charge in [-0.2, -0.15) is 0 Å². The molecule has 0 spiro atoms. The monoisotopic (exact) mass is 247 g/mol. The molecule has 15 heavy (non-hydrogen) atoms. The van der Waals surface area contributed by atoms with E-state index >= 15 is 0 Å². The summed E-state index contributed by atoms with van der Waals surface area (Å²) in [4.78, 5) is 29.7. The van der Waals surface area contributed by atoms with Gasteiger partial charge in [0.15, 0.2) is 0 Å². The van der Waals surface area contributed by atoms with Crippen molar-refractivity contribution in [2.45, 2.75) is 26.2 Å². The van der Waals surface area contributed by atoms with Crippen molar-refractivity contribution < 1.29 is 53.9 Å². The van der Waals surface area contributed by atoms with Crippen LogP contribution < -0.4 is 34.5 Å². The summed E-state index contributed by atoms with van der Waals surface area (Å²) in [6.07, 6.45) is 0.452. The quantitative estimate of drug-likeness (QED) is 0.225. The Balaban J connectivity index is 0. The van der Waals surface area contributed by atoms with Gasteiger partial charge in [-0.05, 0) is 12.8 Å². The van der Waals surface area contributed by atoms with Crippen LogP contribution in [0.3, 0.4) is 0 Å². The molecule has 1 atom stereocenters. The van der Waals surface area contributed by atoms with Gasteiger partial charge in [0.25, 0.3) is 0 Å². The third-order valence-electron chi connectivity index (χ3n) is 1.56. The van der Waals surface area contributed by atoms with Crippen molar-refractivity contribution in [2.24, 2.45) is 0 Å². The second-order valence-electron chi connectivity index (χ2n) is 2.98. The first-order valence-corrected chi connectivity index (χ1v) is 6.15. The van der Waals surface area contributed by atoms with E-state index in [2.05, 4.69) is 0 Å². The molecule has 0 saturated heterocycles. The maximum absolute atomic E-state index is 11.0. The van der Waals surface area contributed by atoms with Gasteiger partial charge >= 0.3 is 29.6 Å². The fraction of sp³-hybridized carbons (Fsp3) is 0.857. The molecular weight excluding hydrogens is 232 g/mol. The average Bonchev–Trinajstić information content (AvgIpc) is 2.02. The number of hydrogen-bond acceptors (Lipinski definition) is 4. The van der Waals surface area contributed by atoms with E-state index in [9.17, 15) is 14.3 Å². The number of carbonyl (C=O) groups excluding carboxylic acids is 1. The molecule has 8 heteroatoms. The van der Waals surface area contributed by atoms with E-state index in [0.717, 1.165) is 0 Å². The Morgan fingerprint density at radius 2 is 2.07 bits per heavy atom. The van der Waals surface area contributed by atoms with Crippen LogP contribution in [0.5, 0.6) is 0 Å². The molecule has 0 aromatic rings. The fourth-order valence-electron chi connectivity index (χ4n) is 0.888. The molecule has 0 aromatic heterocycles. The first-order chi connectivity index (χ1) is 6.37. The van der Waals surface area contributed by atoms with E-state index in [1.165, 1.54) is 0 Å². The number of hydroxylamine groups is 2. The zero-order valence-corrected chi connectivity index (χ0v) is 11.9. The second kappa shape index (κ2) is 8.70. The third kappa shape index (κ3) is 10.9. The summed E-state index contributed by atoms with van der Waals surface area (Å²) in [5, 5.41) is 9.54. The molecule has 1 amide bonds. The smallest absolute Gasteiger partial charge is 0.779 e. The minimum atomic E-state index is -4.27. The Bertz CT molecular complexity index is 231. The number of nitrogens with zero attached hydrogens (tertiary/aromatic N) is 1. The summed E-state index contributed by atoms with van der Waals surface area (Å²) in [5.41, 5.74) is 0. The molecule has 84 valence electrons. The zero-order chi connectivity index (χ0) is 11.2. The first-order valence-electron chi connectivity index (χ1n) is 4.39. The van der Waals surface area contributed by atoms with Crippen LogP contribution in [-0.2, 0) is 9.36 Å². The Morgan fingerprint density at radius 3 is 2.47 bits per heavy atom. The molecule has 0 aromatic carbocycles. The van der Waals surface area contributed by atoms with Gasteiger partial charge in [-0.15, -0.1) is 0 Å². The van der Waals surface area contributed by atoms with Gasteiger partial charge < -0.3 is 14.4 Å². The van der Waals surface area contributed by atoms with Crippen molar-refractivity contribution in [1.82, 2.24) is 5.06 Å². The minimum Gasteiger partial charge on any atom is -0.779 e. The van der Waals surface area contributed by atoms with Crippen LogP contribution in [0.15, 0.2) is 0 Å². The SMILES string of the molecule is CCCC(=O)N(O)CCCP(=O)([O-])O.[Na+]. The van der Waals surface area contributed by atoms with Crippen molar-refractivity contribution >= 4 is 13.5 Å². The van der Waals surface area contributed by atoms with Crippen LogP contribution in [-0.4, -0.2) is 33.8 Å². The van der Waals surface area contributed by atoms with E-state index in [1.54, 1.807) is 6.92 Å². The molecule has 1 unspecified atom stereocenters. The van der Waals surface area contributed by atoms with E-state index < -0.39 is 19.7 Å². The largest absolute Gasteiger partial charge is 1.00 e. The molecule has 6 nitrogen and oxygen atoms in total. The van der Waals surface area contributed by atoms with Gasteiger partial charge in [-0.3, -0.25) is 10.0 Å². The Hall–Kier alpha value is 0.580. The molecule has 0 aliphatic heterocycles. The predicted octanol–water partition coefficient (Wildman–Crippen LogP) is -3.06. The standard InChI is InChI=1S/C7H16NO5P.Na/c1-2-4-7(9)8(10)5-3-6-14(11,12)13;/h10H,2-6H2,1H3,(H2,11,12,13);/q;+1/p-1. The van der Waals surface area contributed by atoms with Crippen LogP contribution >= 0.6 is 7.60 Å². The third-order valence-corrected chi connectivity index (χ3v) is 2.44. The van der Waals surface area contributed by atoms with Crippen LogP contribution in [0.25, 0.3) is 0 Å². The van der Waals surface area contributed by atoms with Gasteiger partial charge in [-0.25, -0.2) is 5.06 Å². The summed E-state index contributed by atoms with van der Waals surface area (Å²) in [5.74, 6) is -0.439. The zero-order valence-electron chi connectivity index (χ0n) is 9.05. The van der Waals surface area contributed by atoms with E-state index in [0.29, 0.717) is 11.5 Å². The Labute approximate surface area is 111 Å². The van der Waals surface area contributed by atoms with Gasteiger partial charge in [0.2, 0.25) is 5.91 Å². The molecule has 2 N–H and O–H groups in total. The first kappa shape index (κ1) is 18.0. The summed E-state index contributed by atoms with van der Waals surface area (Å²) < 4.78 is 10.3. The van der Waals surface area contributed by atoms with Gasteiger partial charge in [0.05, 0.1) is 0 Å². The van der Waals surface area contributed by atoms with E-state index in [1.807, 2.05) is 0 Å². The van der Waals surface area contributed by atoms with Crippen LogP contribution in [0.2, 0.25) is 0 Å². The topological polar surface area (TPSA) is 101 Å². The molecule has 0 radical (unpaired) electrons. The average molecular weight is 247 g/mol. The summed E-state index contributed by atoms with van der Waals surface area (Å²) in [6.45, 7) is 1.72. The summed E-state index contributed by atoms with van der Waals surface area (Å²) >= 11 is 0. The van der Waals surface area contributed by atoms with Crippen LogP contribution in [0.4, 0.5) is 0 Å². The number of rotatable bonds is 6. The van der Waals surface area contributed by atoms with Crippen LogP contribution in [0, 0.1) is 0 Å². The van der Waals surface area contributed by atoms with Crippen molar-refractivity contribution in [3.63, 3.8) is 0 Å². The Kier molecular flexibility index (Phi) is 10.4. The number of hydrogen-bond donors (Lipinski definition) is 2. The van der Waals surface area contributed by atoms with Crippen molar-refractivity contribution in [1.29, 1.82) is 0 Å². The van der Waals surface area contributed by atoms with Crippen molar-refractivity contribution in [3.05, 3.63) is 0 Å². The molecule has 0 saturated carbocycles.